The van der Waals surface area contributed by atoms with Crippen LogP contribution in [-0.4, -0.2) is 12.0 Å². The highest BCUT2D eigenvalue weighted by molar-refractivity contribution is 5.50. The summed E-state index contributed by atoms with van der Waals surface area (Å²) >= 11 is 0. The molecule has 0 aliphatic heterocycles. The zero-order valence-electron chi connectivity index (χ0n) is 11.5. The topological polar surface area (TPSA) is 61.6 Å². The number of ether oxygens (including phenoxy) is 2. The van der Waals surface area contributed by atoms with Crippen LogP contribution >= 0.6 is 0 Å². The maximum absolute atomic E-state index is 10.8. The highest BCUT2D eigenvalue weighted by atomic mass is 16.6. The molecule has 0 bridgehead atoms. The number of hydrogen-bond acceptors (Lipinski definition) is 4. The number of aryl methyl sites for hydroxylation is 2. The third-order valence-corrected chi connectivity index (χ3v) is 2.94. The zero-order chi connectivity index (χ0) is 14.7. The molecule has 0 saturated heterocycles. The largest absolute Gasteiger partial charge is 0.497 e. The Morgan fingerprint density at radius 1 is 1.00 bits per heavy atom. The molecule has 0 heterocycles. The lowest BCUT2D eigenvalue weighted by Gasteiger charge is -2.12. The zero-order valence-corrected chi connectivity index (χ0v) is 11.5. The van der Waals surface area contributed by atoms with Gasteiger partial charge in [0, 0.05) is 12.1 Å². The molecular formula is C15H15NO4. The predicted molar refractivity (Wildman–Crippen MR) is 75.6 cm³/mol. The monoisotopic (exact) mass is 273 g/mol. The smallest absolute Gasteiger partial charge is 0.270 e. The molecular weight excluding hydrogens is 258 g/mol. The van der Waals surface area contributed by atoms with Crippen molar-refractivity contribution in [3.63, 3.8) is 0 Å². The molecule has 0 aliphatic carbocycles. The average molecular weight is 273 g/mol. The molecule has 2 aromatic carbocycles. The van der Waals surface area contributed by atoms with Crippen molar-refractivity contribution in [1.29, 1.82) is 0 Å². The Balaban J connectivity index is 2.30. The van der Waals surface area contributed by atoms with E-state index in [4.69, 9.17) is 9.47 Å². The molecule has 104 valence electrons. The highest BCUT2D eigenvalue weighted by Gasteiger charge is 2.13. The van der Waals surface area contributed by atoms with Crippen LogP contribution in [0, 0.1) is 24.0 Å². The second-order valence-electron chi connectivity index (χ2n) is 4.44. The minimum atomic E-state index is -0.406. The van der Waals surface area contributed by atoms with Crippen LogP contribution in [0.1, 0.15) is 11.1 Å². The number of nitro benzene ring substituents is 1. The Kier molecular flexibility index (Phi) is 3.89. The lowest BCUT2D eigenvalue weighted by Crippen LogP contribution is -1.95. The molecule has 0 radical (unpaired) electrons. The molecule has 0 atom stereocenters. The van der Waals surface area contributed by atoms with Crippen LogP contribution in [0.3, 0.4) is 0 Å². The quantitative estimate of drug-likeness (QED) is 0.623. The first kappa shape index (κ1) is 13.9. The molecule has 0 spiro atoms. The Hall–Kier alpha value is -2.56. The molecule has 5 nitrogen and oxygen atoms in total. The Bertz CT molecular complexity index is 612. The Labute approximate surface area is 116 Å². The van der Waals surface area contributed by atoms with Gasteiger partial charge in [-0.2, -0.15) is 0 Å². The second-order valence-corrected chi connectivity index (χ2v) is 4.44. The highest BCUT2D eigenvalue weighted by Crippen LogP contribution is 2.32. The lowest BCUT2D eigenvalue weighted by molar-refractivity contribution is -0.385. The first-order valence-electron chi connectivity index (χ1n) is 6.09. The van der Waals surface area contributed by atoms with Gasteiger partial charge in [-0.1, -0.05) is 0 Å². The van der Waals surface area contributed by atoms with Crippen molar-refractivity contribution in [2.75, 3.05) is 7.11 Å². The van der Waals surface area contributed by atoms with Crippen LogP contribution in [0.5, 0.6) is 17.2 Å². The number of non-ortho nitro benzene ring substituents is 1. The van der Waals surface area contributed by atoms with Crippen molar-refractivity contribution in [2.45, 2.75) is 13.8 Å². The van der Waals surface area contributed by atoms with E-state index in [9.17, 15) is 10.1 Å². The summed E-state index contributed by atoms with van der Waals surface area (Å²) in [6, 6.07) is 10.2. The SMILES string of the molecule is COc1ccc(Oc2c(C)cc([N+](=O)[O-])cc2C)cc1. The summed E-state index contributed by atoms with van der Waals surface area (Å²) in [4.78, 5) is 10.4. The molecule has 2 aromatic rings. The van der Waals surface area contributed by atoms with Gasteiger partial charge in [-0.05, 0) is 49.2 Å². The van der Waals surface area contributed by atoms with E-state index >= 15 is 0 Å². The summed E-state index contributed by atoms with van der Waals surface area (Å²) in [7, 11) is 1.60. The summed E-state index contributed by atoms with van der Waals surface area (Å²) < 4.78 is 10.9. The number of rotatable bonds is 4. The predicted octanol–water partition coefficient (Wildman–Crippen LogP) is 4.01. The van der Waals surface area contributed by atoms with Crippen molar-refractivity contribution in [1.82, 2.24) is 0 Å². The second kappa shape index (κ2) is 5.61. The van der Waals surface area contributed by atoms with E-state index in [0.29, 0.717) is 11.5 Å². The average Bonchev–Trinajstić information content (AvgIpc) is 2.43. The van der Waals surface area contributed by atoms with E-state index in [1.54, 1.807) is 45.2 Å². The van der Waals surface area contributed by atoms with Gasteiger partial charge in [0.1, 0.15) is 17.2 Å². The van der Waals surface area contributed by atoms with Crippen LogP contribution in [-0.2, 0) is 0 Å². The van der Waals surface area contributed by atoms with Gasteiger partial charge in [0.05, 0.1) is 12.0 Å². The maximum Gasteiger partial charge on any atom is 0.270 e. The third kappa shape index (κ3) is 2.88. The molecule has 0 aliphatic rings. The molecule has 20 heavy (non-hydrogen) atoms. The van der Waals surface area contributed by atoms with Crippen LogP contribution in [0.2, 0.25) is 0 Å². The molecule has 0 aromatic heterocycles. The van der Waals surface area contributed by atoms with Crippen LogP contribution in [0.25, 0.3) is 0 Å². The standard InChI is InChI=1S/C15H15NO4/c1-10-8-12(16(17)18)9-11(2)15(10)20-14-6-4-13(19-3)5-7-14/h4-9H,1-3H3. The fourth-order valence-electron chi connectivity index (χ4n) is 1.96. The number of nitrogens with zero attached hydrogens (tertiary/aromatic N) is 1. The van der Waals surface area contributed by atoms with E-state index in [2.05, 4.69) is 0 Å². The van der Waals surface area contributed by atoms with Gasteiger partial charge in [0.25, 0.3) is 5.69 Å². The van der Waals surface area contributed by atoms with Gasteiger partial charge in [0.2, 0.25) is 0 Å². The summed E-state index contributed by atoms with van der Waals surface area (Å²) in [6.07, 6.45) is 0. The fraction of sp³-hybridized carbons (Fsp3) is 0.200. The maximum atomic E-state index is 10.8. The summed E-state index contributed by atoms with van der Waals surface area (Å²) in [5.41, 5.74) is 1.53. The molecule has 2 rings (SSSR count). The first-order valence-corrected chi connectivity index (χ1v) is 6.09. The molecule has 5 heteroatoms. The van der Waals surface area contributed by atoms with Crippen LogP contribution < -0.4 is 9.47 Å². The van der Waals surface area contributed by atoms with Gasteiger partial charge in [-0.3, -0.25) is 10.1 Å². The molecule has 0 saturated carbocycles. The van der Waals surface area contributed by atoms with Crippen LogP contribution in [0.15, 0.2) is 36.4 Å². The number of methoxy groups -OCH3 is 1. The van der Waals surface area contributed by atoms with E-state index in [-0.39, 0.29) is 5.69 Å². The summed E-state index contributed by atoms with van der Waals surface area (Å²) in [6.45, 7) is 3.58. The van der Waals surface area contributed by atoms with Crippen LogP contribution in [0.4, 0.5) is 5.69 Å². The van der Waals surface area contributed by atoms with Crippen molar-refractivity contribution in [3.8, 4) is 17.2 Å². The Morgan fingerprint density at radius 2 is 1.50 bits per heavy atom. The van der Waals surface area contributed by atoms with E-state index in [1.165, 1.54) is 12.1 Å². The van der Waals surface area contributed by atoms with Crippen molar-refractivity contribution in [2.24, 2.45) is 0 Å². The van der Waals surface area contributed by atoms with E-state index < -0.39 is 4.92 Å². The minimum Gasteiger partial charge on any atom is -0.497 e. The van der Waals surface area contributed by atoms with E-state index in [1.807, 2.05) is 0 Å². The first-order chi connectivity index (χ1) is 9.51. The number of hydrogen-bond donors (Lipinski definition) is 0. The summed E-state index contributed by atoms with van der Waals surface area (Å²) in [5.74, 6) is 2.04. The molecule has 0 N–H and O–H groups in total. The molecule has 0 fully saturated rings. The molecule has 0 amide bonds. The molecule has 0 unspecified atom stereocenters. The van der Waals surface area contributed by atoms with Gasteiger partial charge in [-0.25, -0.2) is 0 Å². The Morgan fingerprint density at radius 3 is 1.95 bits per heavy atom. The number of nitro groups is 1. The van der Waals surface area contributed by atoms with Crippen molar-refractivity contribution < 1.29 is 14.4 Å². The number of benzene rings is 2. The van der Waals surface area contributed by atoms with E-state index in [0.717, 1.165) is 16.9 Å². The van der Waals surface area contributed by atoms with Crippen molar-refractivity contribution >= 4 is 5.69 Å². The normalized spacial score (nSPS) is 10.2. The lowest BCUT2D eigenvalue weighted by atomic mass is 10.1. The van der Waals surface area contributed by atoms with Gasteiger partial charge >= 0.3 is 0 Å². The minimum absolute atomic E-state index is 0.0714. The van der Waals surface area contributed by atoms with Gasteiger partial charge in [-0.15, -0.1) is 0 Å². The summed E-state index contributed by atoms with van der Waals surface area (Å²) in [5, 5.41) is 10.8. The van der Waals surface area contributed by atoms with Crippen molar-refractivity contribution in [3.05, 3.63) is 57.6 Å². The van der Waals surface area contributed by atoms with Gasteiger partial charge < -0.3 is 9.47 Å². The fourth-order valence-corrected chi connectivity index (χ4v) is 1.96. The van der Waals surface area contributed by atoms with Gasteiger partial charge in [0.15, 0.2) is 0 Å². The third-order valence-electron chi connectivity index (χ3n) is 2.94.